The van der Waals surface area contributed by atoms with Gasteiger partial charge in [-0.2, -0.15) is 0 Å². The molecule has 90 valence electrons. The Hall–Kier alpha value is -0.570. The Kier molecular flexibility index (Phi) is 2.29. The molecule has 0 N–H and O–H groups in total. The van der Waals surface area contributed by atoms with Crippen molar-refractivity contribution in [2.24, 2.45) is 23.7 Å². The molecular weight excluding hydrogens is 204 g/mol. The molecule has 0 saturated heterocycles. The van der Waals surface area contributed by atoms with Gasteiger partial charge in [-0.1, -0.05) is 0 Å². The van der Waals surface area contributed by atoms with Gasteiger partial charge in [-0.25, -0.2) is 4.79 Å². The van der Waals surface area contributed by atoms with Crippen molar-refractivity contribution in [3.05, 3.63) is 0 Å². The predicted molar refractivity (Wildman–Crippen MR) is 58.8 cm³/mol. The third-order valence-corrected chi connectivity index (χ3v) is 5.14. The Bertz CT molecular complexity index is 310. The molecule has 0 aliphatic heterocycles. The molecule has 5 unspecified atom stereocenters. The molecule has 0 heterocycles. The molecule has 4 rings (SSSR count). The van der Waals surface area contributed by atoms with E-state index in [0.717, 1.165) is 11.8 Å². The minimum Gasteiger partial charge on any atom is -0.457 e. The number of ether oxygens (including phenoxy) is 2. The normalized spacial score (nSPS) is 48.6. The summed E-state index contributed by atoms with van der Waals surface area (Å²) in [5, 5.41) is 0. The highest BCUT2D eigenvalue weighted by molar-refractivity contribution is 5.71. The van der Waals surface area contributed by atoms with Gasteiger partial charge in [0, 0.05) is 13.0 Å². The van der Waals surface area contributed by atoms with Crippen LogP contribution >= 0.6 is 0 Å². The van der Waals surface area contributed by atoms with Gasteiger partial charge in [0.15, 0.2) is 0 Å². The fourth-order valence-electron chi connectivity index (χ4n) is 4.58. The first-order chi connectivity index (χ1) is 7.63. The number of methoxy groups -OCH3 is 1. The van der Waals surface area contributed by atoms with E-state index >= 15 is 0 Å². The molecule has 3 heteroatoms. The Morgan fingerprint density at radius 3 is 2.81 bits per heavy atom. The van der Waals surface area contributed by atoms with E-state index in [9.17, 15) is 4.79 Å². The maximum absolute atomic E-state index is 11.6. The molecule has 16 heavy (non-hydrogen) atoms. The highest BCUT2D eigenvalue weighted by Crippen LogP contribution is 2.63. The molecular formula is C13H20O3. The van der Waals surface area contributed by atoms with E-state index in [1.54, 1.807) is 0 Å². The molecule has 4 bridgehead atoms. The van der Waals surface area contributed by atoms with Gasteiger partial charge in [0.05, 0.1) is 0 Å². The minimum atomic E-state index is -0.194. The van der Waals surface area contributed by atoms with Gasteiger partial charge in [-0.3, -0.25) is 0 Å². The second-order valence-corrected chi connectivity index (χ2v) is 5.96. The standard InChI is InChI=1S/C13H20O3/c1-13(16-12(14)7-15-2)10-4-8-3-9(6-10)11(13)5-8/h8-11H,3-7H2,1-2H3. The maximum Gasteiger partial charge on any atom is 0.332 e. The summed E-state index contributed by atoms with van der Waals surface area (Å²) in [7, 11) is 1.54. The lowest BCUT2D eigenvalue weighted by molar-refractivity contribution is -0.174. The van der Waals surface area contributed by atoms with Gasteiger partial charge in [0.25, 0.3) is 0 Å². The van der Waals surface area contributed by atoms with Gasteiger partial charge in [0.1, 0.15) is 12.2 Å². The van der Waals surface area contributed by atoms with Gasteiger partial charge in [-0.05, 0) is 50.4 Å². The fourth-order valence-corrected chi connectivity index (χ4v) is 4.58. The average Bonchev–Trinajstić information content (AvgIpc) is 2.60. The third kappa shape index (κ3) is 1.33. The zero-order valence-corrected chi connectivity index (χ0v) is 10.1. The van der Waals surface area contributed by atoms with Crippen molar-refractivity contribution in [2.45, 2.75) is 38.2 Å². The van der Waals surface area contributed by atoms with Crippen LogP contribution in [-0.2, 0) is 14.3 Å². The number of hydrogen-bond acceptors (Lipinski definition) is 3. The SMILES string of the molecule is COCC(=O)OC1(C)C2CC3CC(C2)C1C3. The van der Waals surface area contributed by atoms with Crippen LogP contribution in [0.5, 0.6) is 0 Å². The molecule has 4 aliphatic carbocycles. The minimum absolute atomic E-state index is 0.0864. The van der Waals surface area contributed by atoms with Crippen molar-refractivity contribution in [3.63, 3.8) is 0 Å². The molecule has 0 aromatic rings. The van der Waals surface area contributed by atoms with E-state index in [2.05, 4.69) is 6.92 Å². The lowest BCUT2D eigenvalue weighted by atomic mass is 9.73. The largest absolute Gasteiger partial charge is 0.457 e. The van der Waals surface area contributed by atoms with Crippen LogP contribution in [0.25, 0.3) is 0 Å². The smallest absolute Gasteiger partial charge is 0.332 e. The van der Waals surface area contributed by atoms with Crippen LogP contribution in [0.2, 0.25) is 0 Å². The number of rotatable bonds is 3. The van der Waals surface area contributed by atoms with Crippen molar-refractivity contribution in [2.75, 3.05) is 13.7 Å². The molecule has 3 nitrogen and oxygen atoms in total. The van der Waals surface area contributed by atoms with Crippen LogP contribution in [0, 0.1) is 23.7 Å². The van der Waals surface area contributed by atoms with Crippen molar-refractivity contribution >= 4 is 5.97 Å². The summed E-state index contributed by atoms with van der Waals surface area (Å²) in [5.74, 6) is 2.78. The van der Waals surface area contributed by atoms with Crippen LogP contribution in [0.3, 0.4) is 0 Å². The second kappa shape index (κ2) is 3.46. The van der Waals surface area contributed by atoms with E-state index < -0.39 is 0 Å². The highest BCUT2D eigenvalue weighted by Gasteiger charge is 2.62. The molecule has 0 spiro atoms. The Morgan fingerprint density at radius 2 is 2.12 bits per heavy atom. The number of hydrogen-bond donors (Lipinski definition) is 0. The summed E-state index contributed by atoms with van der Waals surface area (Å²) in [6.07, 6.45) is 5.19. The monoisotopic (exact) mass is 224 g/mol. The molecule has 4 fully saturated rings. The molecule has 0 aromatic carbocycles. The summed E-state index contributed by atoms with van der Waals surface area (Å²) in [6.45, 7) is 2.24. The first-order valence-corrected chi connectivity index (χ1v) is 6.34. The lowest BCUT2D eigenvalue weighted by Crippen LogP contribution is -2.45. The van der Waals surface area contributed by atoms with Crippen molar-refractivity contribution in [3.8, 4) is 0 Å². The maximum atomic E-state index is 11.6. The van der Waals surface area contributed by atoms with Crippen LogP contribution in [0.1, 0.15) is 32.6 Å². The first kappa shape index (κ1) is 10.6. The summed E-state index contributed by atoms with van der Waals surface area (Å²) in [6, 6.07) is 0. The molecule has 0 radical (unpaired) electrons. The van der Waals surface area contributed by atoms with Gasteiger partial charge in [0.2, 0.25) is 0 Å². The predicted octanol–water partition coefficient (Wildman–Crippen LogP) is 2.00. The van der Waals surface area contributed by atoms with Crippen LogP contribution in [0.4, 0.5) is 0 Å². The van der Waals surface area contributed by atoms with E-state index in [-0.39, 0.29) is 18.2 Å². The molecule has 4 aliphatic rings. The zero-order valence-electron chi connectivity index (χ0n) is 10.1. The second-order valence-electron chi connectivity index (χ2n) is 5.96. The lowest BCUT2D eigenvalue weighted by Gasteiger charge is -2.41. The summed E-state index contributed by atoms with van der Waals surface area (Å²) in [5.41, 5.74) is -0.187. The van der Waals surface area contributed by atoms with E-state index in [1.165, 1.54) is 32.8 Å². The van der Waals surface area contributed by atoms with E-state index in [0.29, 0.717) is 11.8 Å². The Morgan fingerprint density at radius 1 is 1.31 bits per heavy atom. The van der Waals surface area contributed by atoms with Crippen LogP contribution in [-0.4, -0.2) is 25.3 Å². The van der Waals surface area contributed by atoms with E-state index in [4.69, 9.17) is 9.47 Å². The summed E-state index contributed by atoms with van der Waals surface area (Å²) in [4.78, 5) is 11.6. The third-order valence-electron chi connectivity index (χ3n) is 5.14. The zero-order chi connectivity index (χ0) is 11.3. The molecule has 5 atom stereocenters. The number of esters is 1. The fraction of sp³-hybridized carbons (Fsp3) is 0.923. The van der Waals surface area contributed by atoms with E-state index in [1.807, 2.05) is 0 Å². The van der Waals surface area contributed by atoms with Crippen molar-refractivity contribution in [1.29, 1.82) is 0 Å². The number of carbonyl (C=O) groups excluding carboxylic acids is 1. The topological polar surface area (TPSA) is 35.5 Å². The number of carbonyl (C=O) groups is 1. The van der Waals surface area contributed by atoms with Gasteiger partial charge < -0.3 is 9.47 Å². The Labute approximate surface area is 96.5 Å². The van der Waals surface area contributed by atoms with Crippen LogP contribution < -0.4 is 0 Å². The first-order valence-electron chi connectivity index (χ1n) is 6.34. The van der Waals surface area contributed by atoms with Crippen LogP contribution in [0.15, 0.2) is 0 Å². The highest BCUT2D eigenvalue weighted by atomic mass is 16.6. The summed E-state index contributed by atoms with van der Waals surface area (Å²) >= 11 is 0. The molecule has 4 saturated carbocycles. The van der Waals surface area contributed by atoms with Crippen molar-refractivity contribution < 1.29 is 14.3 Å². The van der Waals surface area contributed by atoms with Gasteiger partial charge in [-0.15, -0.1) is 0 Å². The summed E-state index contributed by atoms with van der Waals surface area (Å²) < 4.78 is 10.6. The molecule has 0 aromatic heterocycles. The quantitative estimate of drug-likeness (QED) is 0.688. The average molecular weight is 224 g/mol. The van der Waals surface area contributed by atoms with Gasteiger partial charge >= 0.3 is 5.97 Å². The van der Waals surface area contributed by atoms with Crippen molar-refractivity contribution in [1.82, 2.24) is 0 Å². The molecule has 0 amide bonds. The Balaban J connectivity index is 1.76.